The standard InChI is InChI=1S/C46H42N2O7/c1-4-30-53-44-38(43(50)48(44)39(31(2)3)46(52)55-41(35-26-16-8-17-27-35)36-28-18-9-19-29-36)47-42(49)37(32-20-10-5-11-21-32)45(51)54-40(33-22-12-6-13-23-33)34-24-14-7-15-25-34/h4-29,37-38,40-41,44H,1,30H2,2-3H3,(H,47,49)/t37?,38-,44-/m1/s1. The molecule has 3 atom stereocenters. The van der Waals surface area contributed by atoms with Crippen LogP contribution in [-0.4, -0.2) is 47.5 Å². The van der Waals surface area contributed by atoms with Crippen molar-refractivity contribution in [2.24, 2.45) is 0 Å². The molecule has 9 nitrogen and oxygen atoms in total. The number of benzene rings is 5. The molecule has 1 unspecified atom stereocenters. The summed E-state index contributed by atoms with van der Waals surface area (Å²) in [6.45, 7) is 7.12. The minimum Gasteiger partial charge on any atom is -0.452 e. The quantitative estimate of drug-likeness (QED) is 0.0388. The number of allylic oxidation sites excluding steroid dienone is 1. The lowest BCUT2D eigenvalue weighted by molar-refractivity contribution is -0.181. The van der Waals surface area contributed by atoms with Crippen LogP contribution in [0.25, 0.3) is 0 Å². The maximum absolute atomic E-state index is 14.2. The average molecular weight is 735 g/mol. The molecule has 5 aromatic carbocycles. The second kappa shape index (κ2) is 18.0. The lowest BCUT2D eigenvalue weighted by Crippen LogP contribution is -2.72. The number of amides is 2. The van der Waals surface area contributed by atoms with E-state index < -0.39 is 54.1 Å². The maximum atomic E-state index is 14.2. The van der Waals surface area contributed by atoms with E-state index in [0.29, 0.717) is 11.1 Å². The lowest BCUT2D eigenvalue weighted by Gasteiger charge is -2.47. The van der Waals surface area contributed by atoms with Gasteiger partial charge in [0.25, 0.3) is 5.91 Å². The van der Waals surface area contributed by atoms with E-state index in [-0.39, 0.29) is 12.3 Å². The van der Waals surface area contributed by atoms with E-state index in [1.165, 1.54) is 11.0 Å². The van der Waals surface area contributed by atoms with Gasteiger partial charge in [0.15, 0.2) is 30.4 Å². The number of nitrogens with zero attached hydrogens (tertiary/aromatic N) is 1. The summed E-state index contributed by atoms with van der Waals surface area (Å²) in [5, 5.41) is 2.75. The molecule has 1 aliphatic rings. The number of nitrogens with one attached hydrogen (secondary N) is 1. The van der Waals surface area contributed by atoms with Gasteiger partial charge in [-0.1, -0.05) is 158 Å². The maximum Gasteiger partial charge on any atom is 0.356 e. The largest absolute Gasteiger partial charge is 0.452 e. The van der Waals surface area contributed by atoms with Crippen LogP contribution in [0.2, 0.25) is 0 Å². The molecule has 1 aliphatic heterocycles. The van der Waals surface area contributed by atoms with Crippen LogP contribution in [0.5, 0.6) is 0 Å². The zero-order valence-electron chi connectivity index (χ0n) is 30.6. The summed E-state index contributed by atoms with van der Waals surface area (Å²) in [5.74, 6) is -4.38. The molecule has 1 N–H and O–H groups in total. The number of β-lactam (4-membered cyclic amide) rings is 1. The molecule has 0 bridgehead atoms. The van der Waals surface area contributed by atoms with E-state index in [0.717, 1.165) is 22.3 Å². The summed E-state index contributed by atoms with van der Waals surface area (Å²) in [7, 11) is 0. The van der Waals surface area contributed by atoms with Gasteiger partial charge in [-0.15, -0.1) is 6.58 Å². The SMILES string of the molecule is C=CCO[C@@H]1[C@H](NC(=O)C(C(=O)OC(c2ccccc2)c2ccccc2)c2ccccc2)C(=O)N1C(C(=O)OC(c1ccccc1)c1ccccc1)=C(C)C. The molecule has 0 radical (unpaired) electrons. The number of rotatable bonds is 15. The summed E-state index contributed by atoms with van der Waals surface area (Å²) >= 11 is 0. The Balaban J connectivity index is 1.27. The predicted molar refractivity (Wildman–Crippen MR) is 208 cm³/mol. The molecule has 0 saturated carbocycles. The number of likely N-dealkylation sites (tertiary alicyclic amines) is 1. The van der Waals surface area contributed by atoms with Crippen LogP contribution in [-0.2, 0) is 33.4 Å². The van der Waals surface area contributed by atoms with Gasteiger partial charge in [0.1, 0.15) is 5.70 Å². The van der Waals surface area contributed by atoms with Crippen molar-refractivity contribution in [2.75, 3.05) is 6.61 Å². The van der Waals surface area contributed by atoms with Crippen molar-refractivity contribution in [3.05, 3.63) is 203 Å². The Morgan fingerprint density at radius 2 is 1.05 bits per heavy atom. The molecule has 9 heteroatoms. The molecule has 1 heterocycles. The normalized spacial score (nSPS) is 15.4. The van der Waals surface area contributed by atoms with E-state index in [4.69, 9.17) is 14.2 Å². The van der Waals surface area contributed by atoms with E-state index >= 15 is 0 Å². The fourth-order valence-electron chi connectivity index (χ4n) is 6.51. The van der Waals surface area contributed by atoms with Crippen LogP contribution >= 0.6 is 0 Å². The molecule has 0 spiro atoms. The van der Waals surface area contributed by atoms with E-state index in [1.54, 1.807) is 44.2 Å². The molecule has 1 saturated heterocycles. The molecule has 2 amide bonds. The minimum atomic E-state index is -1.44. The highest BCUT2D eigenvalue weighted by Gasteiger charge is 2.54. The summed E-state index contributed by atoms with van der Waals surface area (Å²) in [6, 6.07) is 44.4. The van der Waals surface area contributed by atoms with Gasteiger partial charge in [0.2, 0.25) is 5.91 Å². The van der Waals surface area contributed by atoms with Gasteiger partial charge >= 0.3 is 11.9 Å². The molecule has 55 heavy (non-hydrogen) atoms. The summed E-state index contributed by atoms with van der Waals surface area (Å²) in [4.78, 5) is 57.8. The smallest absolute Gasteiger partial charge is 0.356 e. The van der Waals surface area contributed by atoms with Gasteiger partial charge < -0.3 is 19.5 Å². The van der Waals surface area contributed by atoms with E-state index in [1.807, 2.05) is 121 Å². The van der Waals surface area contributed by atoms with Crippen molar-refractivity contribution in [3.8, 4) is 0 Å². The molecule has 278 valence electrons. The zero-order chi connectivity index (χ0) is 38.7. The summed E-state index contributed by atoms with van der Waals surface area (Å²) < 4.78 is 18.3. The molecular formula is C46H42N2O7. The Bertz CT molecular complexity index is 2040. The van der Waals surface area contributed by atoms with Crippen LogP contribution in [0.15, 0.2) is 176 Å². The second-order valence-electron chi connectivity index (χ2n) is 13.1. The Labute approximate surface area is 320 Å². The number of ether oxygens (including phenoxy) is 3. The fourth-order valence-corrected chi connectivity index (χ4v) is 6.51. The monoisotopic (exact) mass is 734 g/mol. The number of carbonyl (C=O) groups excluding carboxylic acids is 4. The van der Waals surface area contributed by atoms with Crippen LogP contribution in [0.3, 0.4) is 0 Å². The highest BCUT2D eigenvalue weighted by Crippen LogP contribution is 2.34. The first-order valence-electron chi connectivity index (χ1n) is 18.0. The van der Waals surface area contributed by atoms with Crippen molar-refractivity contribution in [3.63, 3.8) is 0 Å². The molecule has 1 fully saturated rings. The first kappa shape index (κ1) is 38.2. The average Bonchev–Trinajstić information content (AvgIpc) is 3.22. The number of hydrogen-bond donors (Lipinski definition) is 1. The van der Waals surface area contributed by atoms with Gasteiger partial charge in [-0.3, -0.25) is 19.3 Å². The number of carbonyl (C=O) groups is 4. The van der Waals surface area contributed by atoms with Gasteiger partial charge in [-0.2, -0.15) is 0 Å². The Morgan fingerprint density at radius 1 is 0.655 bits per heavy atom. The predicted octanol–water partition coefficient (Wildman–Crippen LogP) is 7.59. The van der Waals surface area contributed by atoms with Crippen molar-refractivity contribution >= 4 is 23.8 Å². The van der Waals surface area contributed by atoms with Crippen molar-refractivity contribution < 1.29 is 33.4 Å². The van der Waals surface area contributed by atoms with Crippen LogP contribution in [0, 0.1) is 0 Å². The van der Waals surface area contributed by atoms with Crippen LogP contribution < -0.4 is 5.32 Å². The van der Waals surface area contributed by atoms with Gasteiger partial charge in [0, 0.05) is 0 Å². The fraction of sp³-hybridized carbons (Fsp3) is 0.174. The van der Waals surface area contributed by atoms with Gasteiger partial charge in [0.05, 0.1) is 6.61 Å². The Kier molecular flexibility index (Phi) is 12.5. The molecule has 5 aromatic rings. The number of hydrogen-bond acceptors (Lipinski definition) is 7. The minimum absolute atomic E-state index is 0.00253. The zero-order valence-corrected chi connectivity index (χ0v) is 30.6. The third-order valence-electron chi connectivity index (χ3n) is 9.13. The number of esters is 2. The summed E-state index contributed by atoms with van der Waals surface area (Å²) in [5.41, 5.74) is 3.78. The van der Waals surface area contributed by atoms with Crippen LogP contribution in [0.1, 0.15) is 59.8 Å². The van der Waals surface area contributed by atoms with Gasteiger partial charge in [-0.25, -0.2) is 4.79 Å². The molecule has 6 rings (SSSR count). The summed E-state index contributed by atoms with van der Waals surface area (Å²) in [6.07, 6.45) is -1.19. The van der Waals surface area contributed by atoms with Crippen LogP contribution in [0.4, 0.5) is 0 Å². The van der Waals surface area contributed by atoms with Crippen molar-refractivity contribution in [2.45, 2.75) is 44.2 Å². The molecule has 0 aromatic heterocycles. The molecular weight excluding hydrogens is 693 g/mol. The third-order valence-corrected chi connectivity index (χ3v) is 9.13. The Hall–Kier alpha value is -6.58. The first-order valence-corrected chi connectivity index (χ1v) is 18.0. The first-order chi connectivity index (χ1) is 26.8. The third kappa shape index (κ3) is 8.80. The Morgan fingerprint density at radius 3 is 1.45 bits per heavy atom. The van der Waals surface area contributed by atoms with E-state index in [2.05, 4.69) is 11.9 Å². The highest BCUT2D eigenvalue weighted by molar-refractivity contribution is 6.07. The highest BCUT2D eigenvalue weighted by atomic mass is 16.6. The van der Waals surface area contributed by atoms with Crippen molar-refractivity contribution in [1.82, 2.24) is 10.2 Å². The van der Waals surface area contributed by atoms with Crippen molar-refractivity contribution in [1.29, 1.82) is 0 Å². The second-order valence-corrected chi connectivity index (χ2v) is 13.1. The topological polar surface area (TPSA) is 111 Å². The van der Waals surface area contributed by atoms with E-state index in [9.17, 15) is 19.2 Å². The van der Waals surface area contributed by atoms with Gasteiger partial charge in [-0.05, 0) is 47.2 Å². The molecule has 0 aliphatic carbocycles. The lowest BCUT2D eigenvalue weighted by atomic mass is 9.95.